The van der Waals surface area contributed by atoms with E-state index in [0.717, 1.165) is 31.6 Å². The van der Waals surface area contributed by atoms with Crippen molar-refractivity contribution < 1.29 is 0 Å². The zero-order valence-corrected chi connectivity index (χ0v) is 9.38. The van der Waals surface area contributed by atoms with Gasteiger partial charge in [0.25, 0.3) is 0 Å². The zero-order valence-electron chi connectivity index (χ0n) is 9.38. The molecule has 0 aromatic carbocycles. The first kappa shape index (κ1) is 9.71. The van der Waals surface area contributed by atoms with Gasteiger partial charge in [0.1, 0.15) is 0 Å². The Bertz CT molecular complexity index is 295. The second-order valence-electron chi connectivity index (χ2n) is 4.86. The van der Waals surface area contributed by atoms with Crippen LogP contribution in [0.2, 0.25) is 0 Å². The van der Waals surface area contributed by atoms with Gasteiger partial charge in [-0.3, -0.25) is 5.01 Å². The molecule has 0 aromatic rings. The maximum Gasteiger partial charge on any atom is 0.0473 e. The van der Waals surface area contributed by atoms with Crippen LogP contribution in [0.5, 0.6) is 0 Å². The fourth-order valence-electron chi connectivity index (χ4n) is 2.51. The summed E-state index contributed by atoms with van der Waals surface area (Å²) in [6.07, 6.45) is 2.15. The highest BCUT2D eigenvalue weighted by atomic mass is 15.5. The molecule has 2 aliphatic heterocycles. The molecule has 1 unspecified atom stereocenters. The van der Waals surface area contributed by atoms with Gasteiger partial charge in [-0.05, 0) is 7.05 Å². The van der Waals surface area contributed by atoms with Crippen molar-refractivity contribution in [3.05, 3.63) is 12.3 Å². The van der Waals surface area contributed by atoms with E-state index < -0.39 is 0 Å². The van der Waals surface area contributed by atoms with Gasteiger partial charge in [-0.15, -0.1) is 0 Å². The van der Waals surface area contributed by atoms with Gasteiger partial charge < -0.3 is 4.90 Å². The van der Waals surface area contributed by atoms with Crippen LogP contribution in [0.15, 0.2) is 17.4 Å². The van der Waals surface area contributed by atoms with Crippen LogP contribution in [-0.2, 0) is 0 Å². The first-order chi connectivity index (χ1) is 6.51. The van der Waals surface area contributed by atoms with Crippen LogP contribution in [0.1, 0.15) is 19.8 Å². The van der Waals surface area contributed by atoms with E-state index in [2.05, 4.69) is 30.6 Å². The maximum atomic E-state index is 4.62. The van der Waals surface area contributed by atoms with E-state index in [1.165, 1.54) is 5.71 Å². The third kappa shape index (κ3) is 1.46. The van der Waals surface area contributed by atoms with Crippen LogP contribution >= 0.6 is 0 Å². The lowest BCUT2D eigenvalue weighted by atomic mass is 9.75. The molecule has 78 valence electrons. The van der Waals surface area contributed by atoms with E-state index in [1.54, 1.807) is 0 Å². The molecule has 0 amide bonds. The fraction of sp³-hybridized carbons (Fsp3) is 0.727. The standard InChI is InChI=1S/C11H19N3/c1-9-7-11(2)8-13(3)6-5-10(11)12-14(9)4/h1,5-8H2,2-4H3. The van der Waals surface area contributed by atoms with Gasteiger partial charge in [-0.25, -0.2) is 0 Å². The molecular formula is C11H19N3. The van der Waals surface area contributed by atoms with Gasteiger partial charge in [-0.1, -0.05) is 13.5 Å². The average Bonchev–Trinajstić information content (AvgIpc) is 2.07. The lowest BCUT2D eigenvalue weighted by Crippen LogP contribution is -2.49. The molecule has 2 rings (SSSR count). The largest absolute Gasteiger partial charge is 0.305 e. The molecule has 1 atom stereocenters. The third-order valence-electron chi connectivity index (χ3n) is 3.37. The Hall–Kier alpha value is -0.830. The number of hydrogen-bond donors (Lipinski definition) is 0. The fourth-order valence-corrected chi connectivity index (χ4v) is 2.51. The van der Waals surface area contributed by atoms with E-state index in [1.807, 2.05) is 12.1 Å². The summed E-state index contributed by atoms with van der Waals surface area (Å²) in [5.41, 5.74) is 2.72. The summed E-state index contributed by atoms with van der Waals surface area (Å²) < 4.78 is 0. The molecule has 3 nitrogen and oxygen atoms in total. The summed E-state index contributed by atoms with van der Waals surface area (Å²) >= 11 is 0. The molecule has 1 saturated heterocycles. The molecule has 3 heteroatoms. The van der Waals surface area contributed by atoms with E-state index in [4.69, 9.17) is 0 Å². The smallest absolute Gasteiger partial charge is 0.0473 e. The average molecular weight is 193 g/mol. The number of likely N-dealkylation sites (tertiary alicyclic amines) is 1. The predicted molar refractivity (Wildman–Crippen MR) is 59.2 cm³/mol. The number of hydrazone groups is 1. The molecule has 0 N–H and O–H groups in total. The first-order valence-corrected chi connectivity index (χ1v) is 5.19. The number of nitrogens with zero attached hydrogens (tertiary/aromatic N) is 3. The zero-order chi connectivity index (χ0) is 10.3. The summed E-state index contributed by atoms with van der Waals surface area (Å²) in [6, 6.07) is 0. The van der Waals surface area contributed by atoms with Crippen molar-refractivity contribution in [1.29, 1.82) is 0 Å². The molecule has 1 fully saturated rings. The summed E-state index contributed by atoms with van der Waals surface area (Å²) in [5, 5.41) is 6.55. The normalized spacial score (nSPS) is 34.1. The monoisotopic (exact) mass is 193 g/mol. The Morgan fingerprint density at radius 2 is 2.14 bits per heavy atom. The van der Waals surface area contributed by atoms with Gasteiger partial charge in [0.2, 0.25) is 0 Å². The van der Waals surface area contributed by atoms with Crippen LogP contribution < -0.4 is 0 Å². The summed E-state index contributed by atoms with van der Waals surface area (Å²) in [5.74, 6) is 0. The number of hydrogen-bond acceptors (Lipinski definition) is 3. The van der Waals surface area contributed by atoms with Crippen molar-refractivity contribution in [3.63, 3.8) is 0 Å². The van der Waals surface area contributed by atoms with Crippen LogP contribution in [0.25, 0.3) is 0 Å². The van der Waals surface area contributed by atoms with Crippen molar-refractivity contribution >= 4 is 5.71 Å². The van der Waals surface area contributed by atoms with Crippen molar-refractivity contribution in [2.45, 2.75) is 19.8 Å². The highest BCUT2D eigenvalue weighted by molar-refractivity contribution is 5.91. The summed E-state index contributed by atoms with van der Waals surface area (Å²) in [7, 11) is 4.18. The molecule has 0 saturated carbocycles. The lowest BCUT2D eigenvalue weighted by molar-refractivity contribution is 0.196. The van der Waals surface area contributed by atoms with Gasteiger partial charge in [0.15, 0.2) is 0 Å². The molecule has 2 aliphatic rings. The van der Waals surface area contributed by atoms with Crippen LogP contribution in [-0.4, -0.2) is 42.8 Å². The summed E-state index contributed by atoms with van der Waals surface area (Å²) in [4.78, 5) is 2.39. The quantitative estimate of drug-likeness (QED) is 0.581. The minimum Gasteiger partial charge on any atom is -0.305 e. The van der Waals surface area contributed by atoms with Gasteiger partial charge in [0.05, 0.1) is 0 Å². The Balaban J connectivity index is 2.30. The minimum absolute atomic E-state index is 0.233. The lowest BCUT2D eigenvalue weighted by Gasteiger charge is -2.44. The Kier molecular flexibility index (Phi) is 2.14. The molecule has 0 spiro atoms. The SMILES string of the molecule is C=C1CC2(C)CN(C)CCC2=NN1C. The highest BCUT2D eigenvalue weighted by Crippen LogP contribution is 2.37. The molecule has 2 heterocycles. The van der Waals surface area contributed by atoms with Crippen LogP contribution in [0.4, 0.5) is 0 Å². The molecule has 0 radical (unpaired) electrons. The summed E-state index contributed by atoms with van der Waals surface area (Å²) in [6.45, 7) is 8.61. The van der Waals surface area contributed by atoms with Crippen molar-refractivity contribution in [2.24, 2.45) is 10.5 Å². The van der Waals surface area contributed by atoms with Crippen molar-refractivity contribution in [3.8, 4) is 0 Å². The van der Waals surface area contributed by atoms with Gasteiger partial charge >= 0.3 is 0 Å². The maximum absolute atomic E-state index is 4.62. The van der Waals surface area contributed by atoms with Crippen molar-refractivity contribution in [2.75, 3.05) is 27.2 Å². The molecule has 0 aliphatic carbocycles. The third-order valence-corrected chi connectivity index (χ3v) is 3.37. The highest BCUT2D eigenvalue weighted by Gasteiger charge is 2.39. The topological polar surface area (TPSA) is 18.8 Å². The predicted octanol–water partition coefficient (Wildman–Crippen LogP) is 1.53. The van der Waals surface area contributed by atoms with E-state index in [0.29, 0.717) is 0 Å². The van der Waals surface area contributed by atoms with Gasteiger partial charge in [-0.2, -0.15) is 5.10 Å². The molecular weight excluding hydrogens is 174 g/mol. The Morgan fingerprint density at radius 3 is 2.86 bits per heavy atom. The first-order valence-electron chi connectivity index (χ1n) is 5.19. The Morgan fingerprint density at radius 1 is 1.43 bits per heavy atom. The second kappa shape index (κ2) is 3.09. The number of piperidine rings is 1. The van der Waals surface area contributed by atoms with E-state index >= 15 is 0 Å². The number of fused-ring (bicyclic) bond motifs is 1. The second-order valence-corrected chi connectivity index (χ2v) is 4.86. The van der Waals surface area contributed by atoms with Crippen LogP contribution in [0.3, 0.4) is 0 Å². The minimum atomic E-state index is 0.233. The number of allylic oxidation sites excluding steroid dienone is 1. The Labute approximate surface area is 86.1 Å². The molecule has 14 heavy (non-hydrogen) atoms. The van der Waals surface area contributed by atoms with E-state index in [-0.39, 0.29) is 5.41 Å². The van der Waals surface area contributed by atoms with Crippen molar-refractivity contribution in [1.82, 2.24) is 9.91 Å². The number of rotatable bonds is 0. The molecule has 0 aromatic heterocycles. The van der Waals surface area contributed by atoms with Gasteiger partial charge in [0, 0.05) is 49.8 Å². The van der Waals surface area contributed by atoms with E-state index in [9.17, 15) is 0 Å². The van der Waals surface area contributed by atoms with Crippen LogP contribution in [0, 0.1) is 5.41 Å². The molecule has 0 bridgehead atoms.